The lowest BCUT2D eigenvalue weighted by Gasteiger charge is -2.00. The topological polar surface area (TPSA) is 51.6 Å². The summed E-state index contributed by atoms with van der Waals surface area (Å²) in [5, 5.41) is 0. The molecule has 0 aliphatic heterocycles. The van der Waals surface area contributed by atoms with Gasteiger partial charge >= 0.3 is 0 Å². The van der Waals surface area contributed by atoms with E-state index in [9.17, 15) is 0 Å². The van der Waals surface area contributed by atoms with Crippen molar-refractivity contribution in [2.75, 3.05) is 0 Å². The van der Waals surface area contributed by atoms with Gasteiger partial charge < -0.3 is 0 Å². The lowest BCUT2D eigenvalue weighted by molar-refractivity contribution is 1.15. The third-order valence-corrected chi connectivity index (χ3v) is 2.29. The summed E-state index contributed by atoms with van der Waals surface area (Å²) in [5.41, 5.74) is 3.31. The van der Waals surface area contributed by atoms with Crippen molar-refractivity contribution in [1.29, 1.82) is 0 Å². The number of aromatic nitrogens is 4. The van der Waals surface area contributed by atoms with Gasteiger partial charge in [-0.25, -0.2) is 15.0 Å². The minimum absolute atomic E-state index is 0.765. The summed E-state index contributed by atoms with van der Waals surface area (Å²) in [6.07, 6.45) is 4.93. The normalized spacial score (nSPS) is 10.5. The van der Waals surface area contributed by atoms with Crippen LogP contribution in [0.1, 0.15) is 0 Å². The van der Waals surface area contributed by atoms with Gasteiger partial charge in [0.05, 0.1) is 22.9 Å². The minimum Gasteiger partial charge on any atom is -0.252 e. The van der Waals surface area contributed by atoms with Crippen LogP contribution in [0.15, 0.2) is 49.1 Å². The molecule has 0 amide bonds. The fraction of sp³-hybridized carbons (Fsp3) is 0. The smallest absolute Gasteiger partial charge is 0.116 e. The average Bonchev–Trinajstić information content (AvgIpc) is 2.39. The zero-order chi connectivity index (χ0) is 10.8. The van der Waals surface area contributed by atoms with Crippen molar-refractivity contribution in [3.8, 4) is 11.4 Å². The molecule has 3 rings (SSSR count). The highest BCUT2D eigenvalue weighted by Gasteiger charge is 2.02. The molecule has 0 spiro atoms. The van der Waals surface area contributed by atoms with Crippen molar-refractivity contribution in [3.05, 3.63) is 49.1 Å². The van der Waals surface area contributed by atoms with Gasteiger partial charge in [0, 0.05) is 6.20 Å². The summed E-state index contributed by atoms with van der Waals surface area (Å²) >= 11 is 0. The van der Waals surface area contributed by atoms with Gasteiger partial charge in [0.15, 0.2) is 0 Å². The van der Waals surface area contributed by atoms with E-state index in [-0.39, 0.29) is 0 Å². The first-order valence-corrected chi connectivity index (χ1v) is 4.92. The van der Waals surface area contributed by atoms with Crippen molar-refractivity contribution in [3.63, 3.8) is 0 Å². The van der Waals surface area contributed by atoms with Crippen LogP contribution in [0, 0.1) is 0 Å². The molecule has 16 heavy (non-hydrogen) atoms. The van der Waals surface area contributed by atoms with Gasteiger partial charge in [0.1, 0.15) is 12.0 Å². The molecule has 4 nitrogen and oxygen atoms in total. The van der Waals surface area contributed by atoms with Crippen LogP contribution in [0.4, 0.5) is 0 Å². The Morgan fingerprint density at radius 2 is 1.69 bits per heavy atom. The molecule has 0 unspecified atom stereocenters. The number of rotatable bonds is 1. The molecular weight excluding hydrogens is 200 g/mol. The van der Waals surface area contributed by atoms with E-state index < -0.39 is 0 Å². The van der Waals surface area contributed by atoms with Crippen LogP contribution in [-0.2, 0) is 0 Å². The van der Waals surface area contributed by atoms with Crippen LogP contribution < -0.4 is 0 Å². The van der Waals surface area contributed by atoms with Gasteiger partial charge in [0.2, 0.25) is 0 Å². The van der Waals surface area contributed by atoms with Crippen LogP contribution in [0.3, 0.4) is 0 Å². The number of hydrogen-bond acceptors (Lipinski definition) is 4. The van der Waals surface area contributed by atoms with E-state index in [1.807, 2.05) is 30.3 Å². The second kappa shape index (κ2) is 3.66. The monoisotopic (exact) mass is 208 g/mol. The number of hydrogen-bond donors (Lipinski definition) is 0. The van der Waals surface area contributed by atoms with E-state index in [1.54, 1.807) is 12.4 Å². The molecule has 2 aromatic heterocycles. The maximum absolute atomic E-state index is 4.49. The minimum atomic E-state index is 0.765. The number of nitrogens with zero attached hydrogens (tertiary/aromatic N) is 4. The fourth-order valence-corrected chi connectivity index (χ4v) is 1.52. The third-order valence-electron chi connectivity index (χ3n) is 2.29. The van der Waals surface area contributed by atoms with Crippen LogP contribution >= 0.6 is 0 Å². The second-order valence-corrected chi connectivity index (χ2v) is 3.34. The largest absolute Gasteiger partial charge is 0.252 e. The molecule has 4 heteroatoms. The van der Waals surface area contributed by atoms with Crippen LogP contribution in [0.2, 0.25) is 0 Å². The number of benzene rings is 1. The second-order valence-electron chi connectivity index (χ2n) is 3.34. The Labute approximate surface area is 92.0 Å². The van der Waals surface area contributed by atoms with E-state index >= 15 is 0 Å². The number of fused-ring (bicyclic) bond motifs is 1. The maximum atomic E-state index is 4.49. The highest BCUT2D eigenvalue weighted by atomic mass is 14.9. The molecule has 0 fully saturated rings. The van der Waals surface area contributed by atoms with E-state index in [0.29, 0.717) is 0 Å². The predicted molar refractivity (Wildman–Crippen MR) is 60.6 cm³/mol. The summed E-state index contributed by atoms with van der Waals surface area (Å²) in [4.78, 5) is 16.8. The van der Waals surface area contributed by atoms with Gasteiger partial charge in [-0.1, -0.05) is 12.1 Å². The molecule has 0 saturated carbocycles. The Balaban J connectivity index is 2.19. The van der Waals surface area contributed by atoms with Gasteiger partial charge in [-0.3, -0.25) is 4.98 Å². The van der Waals surface area contributed by atoms with Crippen molar-refractivity contribution in [1.82, 2.24) is 19.9 Å². The molecular formula is C12H8N4. The SMILES string of the molecule is c1ccc2nc(-c3ccncn3)cnc2c1. The fourth-order valence-electron chi connectivity index (χ4n) is 1.52. The molecule has 2 heterocycles. The average molecular weight is 208 g/mol. The number of para-hydroxylation sites is 2. The Bertz CT molecular complexity index is 622. The van der Waals surface area contributed by atoms with E-state index in [2.05, 4.69) is 19.9 Å². The molecule has 1 aromatic carbocycles. The summed E-state index contributed by atoms with van der Waals surface area (Å²) in [5.74, 6) is 0. The summed E-state index contributed by atoms with van der Waals surface area (Å²) in [6.45, 7) is 0. The van der Waals surface area contributed by atoms with Gasteiger partial charge in [-0.15, -0.1) is 0 Å². The highest BCUT2D eigenvalue weighted by Crippen LogP contribution is 2.15. The molecule has 0 radical (unpaired) electrons. The molecule has 3 aromatic rings. The van der Waals surface area contributed by atoms with Crippen molar-refractivity contribution in [2.24, 2.45) is 0 Å². The maximum Gasteiger partial charge on any atom is 0.116 e. The van der Waals surface area contributed by atoms with Gasteiger partial charge in [-0.2, -0.15) is 0 Å². The first-order chi connectivity index (χ1) is 7.93. The van der Waals surface area contributed by atoms with Crippen LogP contribution in [0.5, 0.6) is 0 Å². The Morgan fingerprint density at radius 3 is 2.50 bits per heavy atom. The summed E-state index contributed by atoms with van der Waals surface area (Å²) in [7, 11) is 0. The van der Waals surface area contributed by atoms with Crippen LogP contribution in [-0.4, -0.2) is 19.9 Å². The van der Waals surface area contributed by atoms with Crippen LogP contribution in [0.25, 0.3) is 22.4 Å². The van der Waals surface area contributed by atoms with Crippen molar-refractivity contribution in [2.45, 2.75) is 0 Å². The molecule has 0 N–H and O–H groups in total. The molecule has 0 bridgehead atoms. The molecule has 0 atom stereocenters. The zero-order valence-corrected chi connectivity index (χ0v) is 8.41. The van der Waals surface area contributed by atoms with E-state index in [4.69, 9.17) is 0 Å². The molecule has 0 saturated heterocycles. The molecule has 76 valence electrons. The zero-order valence-electron chi connectivity index (χ0n) is 8.41. The van der Waals surface area contributed by atoms with E-state index in [0.717, 1.165) is 22.4 Å². The lowest BCUT2D eigenvalue weighted by atomic mass is 10.2. The van der Waals surface area contributed by atoms with Crippen molar-refractivity contribution >= 4 is 11.0 Å². The standard InChI is InChI=1S/C12H8N4/c1-2-4-11-9(3-1)14-7-12(16-11)10-5-6-13-8-15-10/h1-8H. The lowest BCUT2D eigenvalue weighted by Crippen LogP contribution is -1.90. The van der Waals surface area contributed by atoms with Gasteiger partial charge in [-0.05, 0) is 18.2 Å². The Morgan fingerprint density at radius 1 is 0.812 bits per heavy atom. The first kappa shape index (κ1) is 8.91. The van der Waals surface area contributed by atoms with E-state index in [1.165, 1.54) is 6.33 Å². The molecule has 0 aliphatic carbocycles. The predicted octanol–water partition coefficient (Wildman–Crippen LogP) is 2.09. The summed E-state index contributed by atoms with van der Waals surface area (Å²) in [6, 6.07) is 9.58. The quantitative estimate of drug-likeness (QED) is 0.614. The van der Waals surface area contributed by atoms with Gasteiger partial charge in [0.25, 0.3) is 0 Å². The molecule has 0 aliphatic rings. The Hall–Kier alpha value is -2.36. The third kappa shape index (κ3) is 1.50. The van der Waals surface area contributed by atoms with Crippen molar-refractivity contribution < 1.29 is 0 Å². The Kier molecular flexibility index (Phi) is 2.04. The highest BCUT2D eigenvalue weighted by molar-refractivity contribution is 5.76. The first-order valence-electron chi connectivity index (χ1n) is 4.92. The summed E-state index contributed by atoms with van der Waals surface area (Å²) < 4.78 is 0.